The van der Waals surface area contributed by atoms with Crippen molar-refractivity contribution in [2.24, 2.45) is 11.8 Å². The number of hydrogen-bond donors (Lipinski definition) is 2. The first-order valence-electron chi connectivity index (χ1n) is 11.4. The van der Waals surface area contributed by atoms with Crippen molar-refractivity contribution in [1.29, 1.82) is 0 Å². The van der Waals surface area contributed by atoms with Crippen molar-refractivity contribution >= 4 is 24.8 Å². The molecule has 1 aliphatic carbocycles. The Balaban J connectivity index is 0.00000225. The number of nitrogens with one attached hydrogen (secondary N) is 2. The van der Waals surface area contributed by atoms with Gasteiger partial charge in [0.15, 0.2) is 0 Å². The molecule has 2 unspecified atom stereocenters. The van der Waals surface area contributed by atoms with E-state index in [4.69, 9.17) is 0 Å². The van der Waals surface area contributed by atoms with E-state index in [1.165, 1.54) is 75.6 Å². The summed E-state index contributed by atoms with van der Waals surface area (Å²) < 4.78 is 0. The SMILES string of the molecule is Cl.Cl.c1ccc(CCCNCC2CCCCC2CNCCCc2ccccc2)cc1. The van der Waals surface area contributed by atoms with Crippen LogP contribution in [0.3, 0.4) is 0 Å². The van der Waals surface area contributed by atoms with Crippen molar-refractivity contribution in [3.63, 3.8) is 0 Å². The van der Waals surface area contributed by atoms with Gasteiger partial charge in [-0.05, 0) is 87.7 Å². The molecule has 0 saturated heterocycles. The molecule has 0 spiro atoms. The van der Waals surface area contributed by atoms with Crippen LogP contribution in [-0.4, -0.2) is 26.2 Å². The highest BCUT2D eigenvalue weighted by atomic mass is 35.5. The third kappa shape index (κ3) is 10.3. The van der Waals surface area contributed by atoms with E-state index < -0.39 is 0 Å². The molecule has 0 amide bonds. The summed E-state index contributed by atoms with van der Waals surface area (Å²) in [5.41, 5.74) is 2.92. The van der Waals surface area contributed by atoms with Gasteiger partial charge in [-0.3, -0.25) is 0 Å². The van der Waals surface area contributed by atoms with Crippen LogP contribution in [0, 0.1) is 11.8 Å². The number of halogens is 2. The summed E-state index contributed by atoms with van der Waals surface area (Å²) in [5, 5.41) is 7.50. The summed E-state index contributed by atoms with van der Waals surface area (Å²) >= 11 is 0. The Labute approximate surface area is 196 Å². The van der Waals surface area contributed by atoms with E-state index >= 15 is 0 Å². The minimum absolute atomic E-state index is 0. The minimum atomic E-state index is 0. The molecule has 0 aliphatic heterocycles. The first kappa shape index (κ1) is 27.0. The summed E-state index contributed by atoms with van der Waals surface area (Å²) in [4.78, 5) is 0. The van der Waals surface area contributed by atoms with Gasteiger partial charge in [0.25, 0.3) is 0 Å². The lowest BCUT2D eigenvalue weighted by Gasteiger charge is -2.32. The molecule has 4 heteroatoms. The molecule has 168 valence electrons. The van der Waals surface area contributed by atoms with Gasteiger partial charge in [0.05, 0.1) is 0 Å². The molecule has 3 rings (SSSR count). The van der Waals surface area contributed by atoms with Gasteiger partial charge in [-0.2, -0.15) is 0 Å². The third-order valence-electron chi connectivity index (χ3n) is 6.20. The molecule has 0 aromatic heterocycles. The lowest BCUT2D eigenvalue weighted by atomic mass is 9.79. The Morgan fingerprint density at radius 2 is 1.00 bits per heavy atom. The van der Waals surface area contributed by atoms with Crippen LogP contribution >= 0.6 is 24.8 Å². The standard InChI is InChI=1S/C26H38N2.2ClH/c1-3-11-23(12-4-1)15-9-19-27-21-25-17-7-8-18-26(25)22-28-20-10-16-24-13-5-2-6-14-24;;/h1-6,11-14,25-28H,7-10,15-22H2;2*1H. The monoisotopic (exact) mass is 450 g/mol. The minimum Gasteiger partial charge on any atom is -0.316 e. The third-order valence-corrected chi connectivity index (χ3v) is 6.20. The Morgan fingerprint density at radius 1 is 0.600 bits per heavy atom. The fourth-order valence-electron chi connectivity index (χ4n) is 4.52. The topological polar surface area (TPSA) is 24.1 Å². The molecular formula is C26H40Cl2N2. The van der Waals surface area contributed by atoms with Crippen LogP contribution in [0.1, 0.15) is 49.7 Å². The second-order valence-electron chi connectivity index (χ2n) is 8.39. The highest BCUT2D eigenvalue weighted by Gasteiger charge is 2.24. The van der Waals surface area contributed by atoms with Crippen LogP contribution in [0.5, 0.6) is 0 Å². The normalized spacial score (nSPS) is 18.3. The molecule has 0 bridgehead atoms. The molecule has 0 heterocycles. The van der Waals surface area contributed by atoms with Crippen molar-refractivity contribution in [3.05, 3.63) is 71.8 Å². The van der Waals surface area contributed by atoms with Gasteiger partial charge < -0.3 is 10.6 Å². The average molecular weight is 452 g/mol. The molecule has 2 N–H and O–H groups in total. The quantitative estimate of drug-likeness (QED) is 0.382. The highest BCUT2D eigenvalue weighted by molar-refractivity contribution is 5.85. The molecule has 0 radical (unpaired) electrons. The molecule has 2 atom stereocenters. The predicted molar refractivity (Wildman–Crippen MR) is 135 cm³/mol. The zero-order chi connectivity index (χ0) is 19.3. The summed E-state index contributed by atoms with van der Waals surface area (Å²) in [5.74, 6) is 1.71. The maximum absolute atomic E-state index is 3.75. The lowest BCUT2D eigenvalue weighted by molar-refractivity contribution is 0.223. The van der Waals surface area contributed by atoms with Gasteiger partial charge in [-0.15, -0.1) is 24.8 Å². The lowest BCUT2D eigenvalue weighted by Crippen LogP contribution is -2.37. The Hall–Kier alpha value is -1.06. The second-order valence-corrected chi connectivity index (χ2v) is 8.39. The fourth-order valence-corrected chi connectivity index (χ4v) is 4.52. The van der Waals surface area contributed by atoms with E-state index in [0.29, 0.717) is 0 Å². The predicted octanol–water partition coefficient (Wildman–Crippen LogP) is 6.08. The van der Waals surface area contributed by atoms with E-state index in [-0.39, 0.29) is 24.8 Å². The molecule has 2 aromatic rings. The van der Waals surface area contributed by atoms with E-state index in [0.717, 1.165) is 24.9 Å². The first-order valence-corrected chi connectivity index (χ1v) is 11.4. The van der Waals surface area contributed by atoms with Crippen LogP contribution in [0.4, 0.5) is 0 Å². The fraction of sp³-hybridized carbons (Fsp3) is 0.538. The van der Waals surface area contributed by atoms with Gasteiger partial charge in [0.2, 0.25) is 0 Å². The van der Waals surface area contributed by atoms with Crippen LogP contribution in [-0.2, 0) is 12.8 Å². The zero-order valence-corrected chi connectivity index (χ0v) is 19.9. The molecule has 1 aliphatic rings. The zero-order valence-electron chi connectivity index (χ0n) is 18.2. The van der Waals surface area contributed by atoms with Crippen LogP contribution in [0.15, 0.2) is 60.7 Å². The molecule has 2 nitrogen and oxygen atoms in total. The average Bonchev–Trinajstić information content (AvgIpc) is 2.76. The molecule has 30 heavy (non-hydrogen) atoms. The molecule has 1 saturated carbocycles. The van der Waals surface area contributed by atoms with Crippen molar-refractivity contribution in [1.82, 2.24) is 10.6 Å². The van der Waals surface area contributed by atoms with Crippen molar-refractivity contribution in [2.75, 3.05) is 26.2 Å². The second kappa shape index (κ2) is 16.6. The van der Waals surface area contributed by atoms with E-state index in [9.17, 15) is 0 Å². The Kier molecular flexibility index (Phi) is 14.9. The molecular weight excluding hydrogens is 411 g/mol. The summed E-state index contributed by atoms with van der Waals surface area (Å²) in [7, 11) is 0. The van der Waals surface area contributed by atoms with Crippen LogP contribution in [0.2, 0.25) is 0 Å². The van der Waals surface area contributed by atoms with E-state index in [1.807, 2.05) is 0 Å². The summed E-state index contributed by atoms with van der Waals surface area (Å²) in [6.45, 7) is 4.68. The van der Waals surface area contributed by atoms with Crippen molar-refractivity contribution < 1.29 is 0 Å². The van der Waals surface area contributed by atoms with Gasteiger partial charge in [-0.1, -0.05) is 73.5 Å². The van der Waals surface area contributed by atoms with Gasteiger partial charge in [0.1, 0.15) is 0 Å². The maximum atomic E-state index is 3.75. The Bertz CT molecular complexity index is 578. The maximum Gasteiger partial charge on any atom is -0.00174 e. The van der Waals surface area contributed by atoms with Gasteiger partial charge >= 0.3 is 0 Å². The Morgan fingerprint density at radius 3 is 1.40 bits per heavy atom. The van der Waals surface area contributed by atoms with Crippen molar-refractivity contribution in [2.45, 2.75) is 51.4 Å². The van der Waals surface area contributed by atoms with Crippen molar-refractivity contribution in [3.8, 4) is 0 Å². The highest BCUT2D eigenvalue weighted by Crippen LogP contribution is 2.29. The summed E-state index contributed by atoms with van der Waals surface area (Å²) in [6, 6.07) is 21.7. The number of aryl methyl sites for hydroxylation is 2. The first-order chi connectivity index (χ1) is 13.9. The van der Waals surface area contributed by atoms with Gasteiger partial charge in [-0.25, -0.2) is 0 Å². The number of hydrogen-bond acceptors (Lipinski definition) is 2. The van der Waals surface area contributed by atoms with E-state index in [1.54, 1.807) is 0 Å². The molecule has 1 fully saturated rings. The largest absolute Gasteiger partial charge is 0.316 e. The number of rotatable bonds is 12. The smallest absolute Gasteiger partial charge is 0.00174 e. The van der Waals surface area contributed by atoms with Gasteiger partial charge in [0, 0.05) is 0 Å². The van der Waals surface area contributed by atoms with Crippen LogP contribution in [0.25, 0.3) is 0 Å². The van der Waals surface area contributed by atoms with E-state index in [2.05, 4.69) is 71.3 Å². The summed E-state index contributed by atoms with van der Waals surface area (Å²) in [6.07, 6.45) is 10.5. The van der Waals surface area contributed by atoms with Crippen LogP contribution < -0.4 is 10.6 Å². The number of benzene rings is 2. The molecule has 2 aromatic carbocycles.